The van der Waals surface area contributed by atoms with Gasteiger partial charge in [-0.05, 0) is 67.6 Å². The first-order valence-corrected chi connectivity index (χ1v) is 14.7. The molecule has 166 valence electrons. The maximum absolute atomic E-state index is 2.42. The van der Waals surface area contributed by atoms with Gasteiger partial charge in [0.05, 0.1) is 8.47 Å². The minimum Gasteiger partial charge on any atom is -0.0895 e. The molecule has 0 aliphatic carbocycles. The van der Waals surface area contributed by atoms with Crippen molar-refractivity contribution >= 4 is 83.1 Å². The van der Waals surface area contributed by atoms with E-state index in [2.05, 4.69) is 107 Å². The molecular weight excluding hydrogens is 489 g/mol. The summed E-state index contributed by atoms with van der Waals surface area (Å²) in [6.45, 7) is 2.14. The molecule has 4 aromatic carbocycles. The lowest BCUT2D eigenvalue weighted by molar-refractivity contribution is 1.29. The van der Waals surface area contributed by atoms with Crippen molar-refractivity contribution in [3.63, 3.8) is 0 Å². The van der Waals surface area contributed by atoms with Crippen LogP contribution in [0, 0.1) is 6.92 Å². The highest BCUT2D eigenvalue weighted by Gasteiger charge is 2.15. The van der Waals surface area contributed by atoms with Crippen molar-refractivity contribution in [1.82, 2.24) is 0 Å². The Morgan fingerprint density at radius 2 is 1.24 bits per heavy atom. The first-order valence-electron chi connectivity index (χ1n) is 11.2. The highest BCUT2D eigenvalue weighted by atomic mass is 32.2. The van der Waals surface area contributed by atoms with Gasteiger partial charge in [0, 0.05) is 10.4 Å². The molecule has 0 radical (unpaired) electrons. The third-order valence-corrected chi connectivity index (χ3v) is 10.3. The van der Waals surface area contributed by atoms with Crippen LogP contribution in [0.4, 0.5) is 0 Å². The van der Waals surface area contributed by atoms with Crippen molar-refractivity contribution < 1.29 is 0 Å². The van der Waals surface area contributed by atoms with E-state index in [0.717, 1.165) is 6.42 Å². The van der Waals surface area contributed by atoms with Crippen LogP contribution < -0.4 is 10.4 Å². The van der Waals surface area contributed by atoms with Gasteiger partial charge in [-0.2, -0.15) is 0 Å². The van der Waals surface area contributed by atoms with E-state index in [1.807, 2.05) is 47.0 Å². The minimum atomic E-state index is 0.918. The van der Waals surface area contributed by atoms with E-state index in [1.165, 1.54) is 57.1 Å². The average Bonchev–Trinajstić information content (AvgIpc) is 3.57. The molecule has 34 heavy (non-hydrogen) atoms. The standard InChI is InChI=1S/C30H22S4/c1-20-6-4-7-21(18-20)8-5-9-22-12-13-25-26(19-22)28(30-33-16-17-34-30)24-11-3-2-10-23(24)27(25)29-31-14-15-32-29/h2-8,10-19H,9H2,1H3/b8-5+. The summed E-state index contributed by atoms with van der Waals surface area (Å²) in [7, 11) is 0. The number of benzene rings is 4. The van der Waals surface area contributed by atoms with Gasteiger partial charge in [0.2, 0.25) is 0 Å². The molecule has 0 saturated carbocycles. The second-order valence-electron chi connectivity index (χ2n) is 8.29. The van der Waals surface area contributed by atoms with Crippen LogP contribution in [0.2, 0.25) is 0 Å². The normalized spacial score (nSPS) is 15.6. The third kappa shape index (κ3) is 4.29. The Kier molecular flexibility index (Phi) is 6.40. The fourth-order valence-electron chi connectivity index (χ4n) is 4.55. The first-order chi connectivity index (χ1) is 16.8. The van der Waals surface area contributed by atoms with Gasteiger partial charge in [-0.25, -0.2) is 0 Å². The zero-order valence-corrected chi connectivity index (χ0v) is 21.9. The van der Waals surface area contributed by atoms with Crippen molar-refractivity contribution in [1.29, 1.82) is 0 Å². The van der Waals surface area contributed by atoms with Gasteiger partial charge in [-0.1, -0.05) is 131 Å². The molecule has 2 aliphatic rings. The summed E-state index contributed by atoms with van der Waals surface area (Å²) in [4.78, 5) is 0. The summed E-state index contributed by atoms with van der Waals surface area (Å²) >= 11 is 7.36. The van der Waals surface area contributed by atoms with E-state index in [1.54, 1.807) is 0 Å². The Morgan fingerprint density at radius 1 is 0.618 bits per heavy atom. The number of fused-ring (bicyclic) bond motifs is 2. The topological polar surface area (TPSA) is 0 Å². The molecule has 0 amide bonds. The highest BCUT2D eigenvalue weighted by molar-refractivity contribution is 8.35. The lowest BCUT2D eigenvalue weighted by Crippen LogP contribution is -2.17. The van der Waals surface area contributed by atoms with E-state index >= 15 is 0 Å². The van der Waals surface area contributed by atoms with Crippen LogP contribution in [0.1, 0.15) is 16.7 Å². The summed E-state index contributed by atoms with van der Waals surface area (Å²) in [5, 5.41) is 16.9. The Bertz CT molecular complexity index is 1620. The Morgan fingerprint density at radius 3 is 1.88 bits per heavy atom. The molecule has 0 N–H and O–H groups in total. The summed E-state index contributed by atoms with van der Waals surface area (Å²) in [6, 6.07) is 24.7. The van der Waals surface area contributed by atoms with Crippen LogP contribution in [-0.2, 0) is 6.42 Å². The molecule has 0 aromatic heterocycles. The predicted octanol–water partition coefficient (Wildman–Crippen LogP) is 8.59. The number of rotatable bonds is 3. The summed E-state index contributed by atoms with van der Waals surface area (Å²) < 4.78 is 2.74. The predicted molar refractivity (Wildman–Crippen MR) is 160 cm³/mol. The molecule has 0 bridgehead atoms. The smallest absolute Gasteiger partial charge is 0.0571 e. The van der Waals surface area contributed by atoms with Gasteiger partial charge in [0.15, 0.2) is 0 Å². The van der Waals surface area contributed by atoms with Crippen LogP contribution >= 0.6 is 47.0 Å². The molecule has 4 heteroatoms. The number of allylic oxidation sites excluding steroid dienone is 1. The van der Waals surface area contributed by atoms with Crippen molar-refractivity contribution in [3.05, 3.63) is 122 Å². The zero-order chi connectivity index (χ0) is 22.9. The van der Waals surface area contributed by atoms with Gasteiger partial charge in [0.25, 0.3) is 0 Å². The van der Waals surface area contributed by atoms with Crippen LogP contribution in [0.5, 0.6) is 0 Å². The lowest BCUT2D eigenvalue weighted by atomic mass is 9.96. The fourth-order valence-corrected chi connectivity index (χ4v) is 8.39. The van der Waals surface area contributed by atoms with Gasteiger partial charge in [-0.15, -0.1) is 0 Å². The molecule has 0 spiro atoms. The van der Waals surface area contributed by atoms with Crippen LogP contribution in [0.15, 0.2) is 94.4 Å². The minimum absolute atomic E-state index is 0.918. The molecular formula is C30H22S4. The molecule has 0 saturated heterocycles. The van der Waals surface area contributed by atoms with Crippen LogP contribution in [0.3, 0.4) is 0 Å². The molecule has 0 nitrogen and oxygen atoms in total. The van der Waals surface area contributed by atoms with E-state index in [-0.39, 0.29) is 0 Å². The molecule has 0 unspecified atom stereocenters. The molecule has 2 aliphatic heterocycles. The van der Waals surface area contributed by atoms with Crippen molar-refractivity contribution in [2.24, 2.45) is 0 Å². The second-order valence-corrected chi connectivity index (χ2v) is 12.5. The third-order valence-electron chi connectivity index (χ3n) is 6.01. The SMILES string of the molecule is Cc1cccc(/C=C/Cc2ccc3c(=C4SC=CS4)c4ccccc4c(=C4SC=CS4)c3c2)c1. The van der Waals surface area contributed by atoms with E-state index < -0.39 is 0 Å². The molecule has 0 fully saturated rings. The molecule has 6 rings (SSSR count). The Hall–Kier alpha value is -2.24. The lowest BCUT2D eigenvalue weighted by Gasteiger charge is -2.12. The Balaban J connectivity index is 1.57. The second kappa shape index (κ2) is 9.79. The van der Waals surface area contributed by atoms with E-state index in [4.69, 9.17) is 0 Å². The quantitative estimate of drug-likeness (QED) is 0.253. The molecule has 2 heterocycles. The van der Waals surface area contributed by atoms with Crippen LogP contribution in [0.25, 0.3) is 36.1 Å². The van der Waals surface area contributed by atoms with Gasteiger partial charge in [0.1, 0.15) is 0 Å². The maximum Gasteiger partial charge on any atom is 0.0571 e. The summed E-state index contributed by atoms with van der Waals surface area (Å²) in [6.07, 6.45) is 5.44. The van der Waals surface area contributed by atoms with E-state index in [9.17, 15) is 0 Å². The number of hydrogen-bond acceptors (Lipinski definition) is 4. The summed E-state index contributed by atoms with van der Waals surface area (Å²) in [5.74, 6) is 0. The number of thioether (sulfide) groups is 4. The first kappa shape index (κ1) is 22.2. The highest BCUT2D eigenvalue weighted by Crippen LogP contribution is 2.41. The largest absolute Gasteiger partial charge is 0.0895 e. The molecule has 4 aromatic rings. The zero-order valence-electron chi connectivity index (χ0n) is 18.7. The van der Waals surface area contributed by atoms with Gasteiger partial charge >= 0.3 is 0 Å². The number of aryl methyl sites for hydroxylation is 1. The number of hydrogen-bond donors (Lipinski definition) is 0. The van der Waals surface area contributed by atoms with Gasteiger partial charge < -0.3 is 0 Å². The van der Waals surface area contributed by atoms with E-state index in [0.29, 0.717) is 0 Å². The Labute approximate surface area is 217 Å². The monoisotopic (exact) mass is 510 g/mol. The van der Waals surface area contributed by atoms with Gasteiger partial charge in [-0.3, -0.25) is 0 Å². The summed E-state index contributed by atoms with van der Waals surface area (Å²) in [5.41, 5.74) is 3.90. The molecule has 0 atom stereocenters. The van der Waals surface area contributed by atoms with Crippen molar-refractivity contribution in [2.45, 2.75) is 13.3 Å². The fraction of sp³-hybridized carbons (Fsp3) is 0.0667. The van der Waals surface area contributed by atoms with Crippen molar-refractivity contribution in [2.75, 3.05) is 0 Å². The van der Waals surface area contributed by atoms with Crippen LogP contribution in [-0.4, -0.2) is 0 Å². The maximum atomic E-state index is 2.42. The average molecular weight is 511 g/mol. The van der Waals surface area contributed by atoms with Crippen molar-refractivity contribution in [3.8, 4) is 0 Å².